The van der Waals surface area contributed by atoms with E-state index in [2.05, 4.69) is 0 Å². The average Bonchev–Trinajstić information content (AvgIpc) is 3.35. The van der Waals surface area contributed by atoms with Crippen molar-refractivity contribution in [2.24, 2.45) is 5.92 Å². The smallest absolute Gasteiger partial charge is 0.271 e. The monoisotopic (exact) mass is 396 g/mol. The van der Waals surface area contributed by atoms with E-state index in [1.165, 1.54) is 36.4 Å². The van der Waals surface area contributed by atoms with Gasteiger partial charge in [-0.1, -0.05) is 18.2 Å². The van der Waals surface area contributed by atoms with Gasteiger partial charge in [-0.2, -0.15) is 0 Å². The molecule has 0 aromatic heterocycles. The second-order valence-electron chi connectivity index (χ2n) is 7.44. The molecule has 148 valence electrons. The van der Waals surface area contributed by atoms with Gasteiger partial charge in [-0.15, -0.1) is 0 Å². The number of hydrogen-bond donors (Lipinski definition) is 0. The Morgan fingerprint density at radius 3 is 2.34 bits per heavy atom. The van der Waals surface area contributed by atoms with Crippen molar-refractivity contribution >= 4 is 23.2 Å². The molecule has 3 heterocycles. The molecular formula is C20H17FN4O4. The molecule has 0 radical (unpaired) electrons. The fraction of sp³-hybridized carbons (Fsp3) is 0.300. The lowest BCUT2D eigenvalue weighted by molar-refractivity contribution is -0.384. The average molecular weight is 396 g/mol. The van der Waals surface area contributed by atoms with Crippen molar-refractivity contribution in [3.05, 3.63) is 70.0 Å². The molecule has 3 fully saturated rings. The third-order valence-electron chi connectivity index (χ3n) is 5.92. The van der Waals surface area contributed by atoms with Gasteiger partial charge < -0.3 is 0 Å². The highest BCUT2D eigenvalue weighted by atomic mass is 19.1. The van der Waals surface area contributed by atoms with E-state index in [1.807, 2.05) is 10.0 Å². The summed E-state index contributed by atoms with van der Waals surface area (Å²) in [6.45, 7) is 1.37. The predicted octanol–water partition coefficient (Wildman–Crippen LogP) is 2.27. The minimum Gasteiger partial charge on any atom is -0.274 e. The van der Waals surface area contributed by atoms with E-state index in [0.717, 1.165) is 16.9 Å². The molecule has 0 aliphatic carbocycles. The molecule has 2 aromatic rings. The zero-order valence-corrected chi connectivity index (χ0v) is 15.3. The van der Waals surface area contributed by atoms with Crippen LogP contribution in [0.15, 0.2) is 48.5 Å². The fourth-order valence-corrected chi connectivity index (χ4v) is 4.77. The first-order chi connectivity index (χ1) is 14.0. The standard InChI is InChI=1S/C20H17FN4O4/c21-13-7-5-12(6-8-13)17-16-18(23-10-2-9-22(17)23)20(27)24(19(16)26)14-3-1-4-15(11-14)25(28)29/h1,3-8,11,16-18H,2,9-10H2. The van der Waals surface area contributed by atoms with Gasteiger partial charge in [-0.25, -0.2) is 19.3 Å². The third kappa shape index (κ3) is 2.58. The van der Waals surface area contributed by atoms with E-state index in [9.17, 15) is 24.1 Å². The molecule has 29 heavy (non-hydrogen) atoms. The van der Waals surface area contributed by atoms with Crippen molar-refractivity contribution in [3.8, 4) is 0 Å². The number of fused-ring (bicyclic) bond motifs is 3. The van der Waals surface area contributed by atoms with Gasteiger partial charge in [0.05, 0.1) is 22.6 Å². The maximum Gasteiger partial charge on any atom is 0.271 e. The highest BCUT2D eigenvalue weighted by Crippen LogP contribution is 2.49. The number of rotatable bonds is 3. The normalized spacial score (nSPS) is 26.8. The van der Waals surface area contributed by atoms with E-state index < -0.39 is 16.9 Å². The van der Waals surface area contributed by atoms with Gasteiger partial charge in [0.25, 0.3) is 11.6 Å². The van der Waals surface area contributed by atoms with Crippen molar-refractivity contribution in [2.75, 3.05) is 18.0 Å². The number of anilines is 1. The number of non-ortho nitro benzene ring substituents is 1. The molecule has 3 aliphatic heterocycles. The molecule has 3 atom stereocenters. The maximum absolute atomic E-state index is 13.4. The van der Waals surface area contributed by atoms with Crippen LogP contribution >= 0.6 is 0 Å². The number of nitrogens with zero attached hydrogens (tertiary/aromatic N) is 4. The van der Waals surface area contributed by atoms with Gasteiger partial charge in [0.15, 0.2) is 0 Å². The van der Waals surface area contributed by atoms with Crippen LogP contribution in [0.2, 0.25) is 0 Å². The summed E-state index contributed by atoms with van der Waals surface area (Å²) in [6.07, 6.45) is 0.860. The van der Waals surface area contributed by atoms with Crippen molar-refractivity contribution in [1.29, 1.82) is 0 Å². The predicted molar refractivity (Wildman–Crippen MR) is 100 cm³/mol. The Kier molecular flexibility index (Phi) is 3.97. The zero-order valence-electron chi connectivity index (χ0n) is 15.3. The number of nitro groups is 1. The molecule has 2 aromatic carbocycles. The fourth-order valence-electron chi connectivity index (χ4n) is 4.77. The summed E-state index contributed by atoms with van der Waals surface area (Å²) in [5.41, 5.74) is 0.790. The van der Waals surface area contributed by atoms with Crippen LogP contribution in [0.4, 0.5) is 15.8 Å². The molecule has 0 bridgehead atoms. The maximum atomic E-state index is 13.4. The van der Waals surface area contributed by atoms with E-state index >= 15 is 0 Å². The number of hydrogen-bond acceptors (Lipinski definition) is 6. The Balaban J connectivity index is 1.57. The number of carbonyl (C=O) groups is 2. The number of halogens is 1. The molecule has 5 rings (SSSR count). The Morgan fingerprint density at radius 2 is 1.66 bits per heavy atom. The van der Waals surface area contributed by atoms with Crippen molar-refractivity contribution in [3.63, 3.8) is 0 Å². The van der Waals surface area contributed by atoms with E-state index in [4.69, 9.17) is 0 Å². The zero-order chi connectivity index (χ0) is 20.3. The first-order valence-corrected chi connectivity index (χ1v) is 9.38. The summed E-state index contributed by atoms with van der Waals surface area (Å²) in [7, 11) is 0. The van der Waals surface area contributed by atoms with Gasteiger partial charge in [0, 0.05) is 25.2 Å². The third-order valence-corrected chi connectivity index (χ3v) is 5.92. The Labute approximate surface area is 165 Å². The SMILES string of the molecule is O=C1C2C(C(=O)N1c1cccc([N+](=O)[O-])c1)N1CCCN1C2c1ccc(F)cc1. The van der Waals surface area contributed by atoms with Crippen LogP contribution in [0.1, 0.15) is 18.0 Å². The lowest BCUT2D eigenvalue weighted by Gasteiger charge is -2.29. The first kappa shape index (κ1) is 17.9. The van der Waals surface area contributed by atoms with Gasteiger partial charge in [-0.3, -0.25) is 19.7 Å². The summed E-state index contributed by atoms with van der Waals surface area (Å²) >= 11 is 0. The summed E-state index contributed by atoms with van der Waals surface area (Å²) in [4.78, 5) is 38.2. The molecule has 8 nitrogen and oxygen atoms in total. The van der Waals surface area contributed by atoms with Crippen LogP contribution in [-0.2, 0) is 9.59 Å². The molecular weight excluding hydrogens is 379 g/mol. The lowest BCUT2D eigenvalue weighted by atomic mass is 9.90. The topological polar surface area (TPSA) is 87.0 Å². The molecule has 0 saturated carbocycles. The lowest BCUT2D eigenvalue weighted by Crippen LogP contribution is -2.44. The second-order valence-corrected chi connectivity index (χ2v) is 7.44. The number of hydrazine groups is 1. The van der Waals surface area contributed by atoms with Gasteiger partial charge in [-0.05, 0) is 30.2 Å². The summed E-state index contributed by atoms with van der Waals surface area (Å²) in [6, 6.07) is 10.5. The van der Waals surface area contributed by atoms with E-state index in [-0.39, 0.29) is 35.0 Å². The van der Waals surface area contributed by atoms with Crippen LogP contribution < -0.4 is 4.90 Å². The summed E-state index contributed by atoms with van der Waals surface area (Å²) < 4.78 is 13.4. The summed E-state index contributed by atoms with van der Waals surface area (Å²) in [5.74, 6) is -1.78. The number of amides is 2. The molecule has 3 unspecified atom stereocenters. The highest BCUT2D eigenvalue weighted by Gasteiger charge is 2.62. The highest BCUT2D eigenvalue weighted by molar-refractivity contribution is 6.24. The van der Waals surface area contributed by atoms with Crippen LogP contribution in [0.3, 0.4) is 0 Å². The molecule has 0 spiro atoms. The molecule has 3 aliphatic rings. The molecule has 9 heteroatoms. The minimum atomic E-state index is -0.653. The number of nitro benzene ring substituents is 1. The number of benzene rings is 2. The first-order valence-electron chi connectivity index (χ1n) is 9.38. The number of imide groups is 1. The molecule has 2 amide bonds. The number of carbonyl (C=O) groups excluding carboxylic acids is 2. The van der Waals surface area contributed by atoms with Gasteiger partial charge in [0.2, 0.25) is 5.91 Å². The quantitative estimate of drug-likeness (QED) is 0.449. The van der Waals surface area contributed by atoms with Crippen molar-refractivity contribution < 1.29 is 18.9 Å². The van der Waals surface area contributed by atoms with Crippen LogP contribution in [-0.4, -0.2) is 45.9 Å². The van der Waals surface area contributed by atoms with Crippen LogP contribution in [0.25, 0.3) is 0 Å². The second kappa shape index (κ2) is 6.43. The Hall–Kier alpha value is -3.17. The minimum absolute atomic E-state index is 0.182. The molecule has 3 saturated heterocycles. The van der Waals surface area contributed by atoms with Crippen molar-refractivity contribution in [1.82, 2.24) is 10.0 Å². The van der Waals surface area contributed by atoms with E-state index in [1.54, 1.807) is 12.1 Å². The molecule has 0 N–H and O–H groups in total. The van der Waals surface area contributed by atoms with Crippen LogP contribution in [0.5, 0.6) is 0 Å². The van der Waals surface area contributed by atoms with E-state index in [0.29, 0.717) is 13.1 Å². The Morgan fingerprint density at radius 1 is 0.966 bits per heavy atom. The van der Waals surface area contributed by atoms with Gasteiger partial charge in [0.1, 0.15) is 11.9 Å². The van der Waals surface area contributed by atoms with Crippen molar-refractivity contribution in [2.45, 2.75) is 18.5 Å². The Bertz CT molecular complexity index is 1030. The van der Waals surface area contributed by atoms with Crippen LogP contribution in [0, 0.1) is 21.8 Å². The summed E-state index contributed by atoms with van der Waals surface area (Å²) in [5, 5.41) is 15.1. The van der Waals surface area contributed by atoms with Gasteiger partial charge >= 0.3 is 0 Å². The largest absolute Gasteiger partial charge is 0.274 e.